The molecular formula is C16H23N3O2. The molecular weight excluding hydrogens is 266 g/mol. The zero-order valence-electron chi connectivity index (χ0n) is 12.4. The SMILES string of the molecule is CCCC(CCO)CNC(=O)c1cc2cc(N)ccc2[nH]1. The van der Waals surface area contributed by atoms with Gasteiger partial charge in [-0.3, -0.25) is 4.79 Å². The lowest BCUT2D eigenvalue weighted by Gasteiger charge is -2.15. The number of H-pyrrole nitrogens is 1. The molecule has 0 aliphatic carbocycles. The van der Waals surface area contributed by atoms with Crippen molar-refractivity contribution >= 4 is 22.5 Å². The number of fused-ring (bicyclic) bond motifs is 1. The normalized spacial score (nSPS) is 12.5. The molecule has 5 heteroatoms. The third kappa shape index (κ3) is 3.98. The average Bonchev–Trinajstić information content (AvgIpc) is 2.88. The first kappa shape index (κ1) is 15.4. The summed E-state index contributed by atoms with van der Waals surface area (Å²) in [5.74, 6) is 0.202. The summed E-state index contributed by atoms with van der Waals surface area (Å²) in [4.78, 5) is 15.3. The molecule has 5 N–H and O–H groups in total. The third-order valence-electron chi connectivity index (χ3n) is 3.67. The summed E-state index contributed by atoms with van der Waals surface area (Å²) in [5, 5.41) is 12.9. The van der Waals surface area contributed by atoms with Crippen LogP contribution < -0.4 is 11.1 Å². The fourth-order valence-corrected chi connectivity index (χ4v) is 2.54. The monoisotopic (exact) mass is 289 g/mol. The molecule has 0 fully saturated rings. The zero-order valence-corrected chi connectivity index (χ0v) is 12.4. The van der Waals surface area contributed by atoms with Gasteiger partial charge >= 0.3 is 0 Å². The maximum Gasteiger partial charge on any atom is 0.267 e. The highest BCUT2D eigenvalue weighted by Crippen LogP contribution is 2.18. The van der Waals surface area contributed by atoms with Crippen LogP contribution in [0.1, 0.15) is 36.7 Å². The number of nitrogens with two attached hydrogens (primary N) is 1. The van der Waals surface area contributed by atoms with Crippen molar-refractivity contribution < 1.29 is 9.90 Å². The standard InChI is InChI=1S/C16H23N3O2/c1-2-3-11(6-7-20)10-18-16(21)15-9-12-8-13(17)4-5-14(12)19-15/h4-5,8-9,11,19-20H,2-3,6-7,10,17H2,1H3,(H,18,21). The van der Waals surface area contributed by atoms with E-state index in [2.05, 4.69) is 17.2 Å². The third-order valence-corrected chi connectivity index (χ3v) is 3.67. The quantitative estimate of drug-likeness (QED) is 0.589. The molecule has 0 saturated heterocycles. The zero-order chi connectivity index (χ0) is 15.2. The Morgan fingerprint density at radius 3 is 2.90 bits per heavy atom. The number of hydrogen-bond acceptors (Lipinski definition) is 3. The van der Waals surface area contributed by atoms with E-state index in [1.165, 1.54) is 0 Å². The van der Waals surface area contributed by atoms with Gasteiger partial charge < -0.3 is 21.1 Å². The van der Waals surface area contributed by atoms with E-state index in [0.717, 1.165) is 30.2 Å². The number of carbonyl (C=O) groups excluding carboxylic acids is 1. The van der Waals surface area contributed by atoms with Crippen molar-refractivity contribution in [3.05, 3.63) is 30.0 Å². The highest BCUT2D eigenvalue weighted by Gasteiger charge is 2.12. The van der Waals surface area contributed by atoms with Crippen LogP contribution in [-0.4, -0.2) is 29.1 Å². The van der Waals surface area contributed by atoms with E-state index < -0.39 is 0 Å². The summed E-state index contributed by atoms with van der Waals surface area (Å²) in [7, 11) is 0. The number of aromatic amines is 1. The molecule has 1 aromatic carbocycles. The number of benzene rings is 1. The van der Waals surface area contributed by atoms with Crippen molar-refractivity contribution in [2.24, 2.45) is 5.92 Å². The minimum Gasteiger partial charge on any atom is -0.399 e. The molecule has 5 nitrogen and oxygen atoms in total. The predicted octanol–water partition coefficient (Wildman–Crippen LogP) is 2.28. The van der Waals surface area contributed by atoms with Crippen LogP contribution in [0.15, 0.2) is 24.3 Å². The molecule has 0 radical (unpaired) electrons. The van der Waals surface area contributed by atoms with Gasteiger partial charge in [-0.05, 0) is 43.0 Å². The molecule has 0 aliphatic rings. The van der Waals surface area contributed by atoms with Crippen LogP contribution in [0.3, 0.4) is 0 Å². The Labute approximate surface area is 124 Å². The van der Waals surface area contributed by atoms with E-state index in [1.54, 1.807) is 6.07 Å². The number of rotatable bonds is 7. The van der Waals surface area contributed by atoms with Gasteiger partial charge in [0.25, 0.3) is 5.91 Å². The van der Waals surface area contributed by atoms with Gasteiger partial charge in [0.05, 0.1) is 0 Å². The second kappa shape index (κ2) is 7.13. The molecule has 1 amide bonds. The van der Waals surface area contributed by atoms with E-state index in [4.69, 9.17) is 10.8 Å². The Balaban J connectivity index is 2.01. The van der Waals surface area contributed by atoms with Crippen molar-refractivity contribution in [3.8, 4) is 0 Å². The summed E-state index contributed by atoms with van der Waals surface area (Å²) in [6.07, 6.45) is 2.77. The van der Waals surface area contributed by atoms with Crippen molar-refractivity contribution in [1.82, 2.24) is 10.3 Å². The lowest BCUT2D eigenvalue weighted by Crippen LogP contribution is -2.30. The van der Waals surface area contributed by atoms with Gasteiger partial charge in [0.15, 0.2) is 0 Å². The number of aliphatic hydroxyl groups excluding tert-OH is 1. The van der Waals surface area contributed by atoms with Gasteiger partial charge in [0, 0.05) is 29.7 Å². The fourth-order valence-electron chi connectivity index (χ4n) is 2.54. The number of aliphatic hydroxyl groups is 1. The highest BCUT2D eigenvalue weighted by molar-refractivity contribution is 5.98. The first-order chi connectivity index (χ1) is 10.1. The Morgan fingerprint density at radius 1 is 1.38 bits per heavy atom. The first-order valence-electron chi connectivity index (χ1n) is 7.41. The highest BCUT2D eigenvalue weighted by atomic mass is 16.3. The van der Waals surface area contributed by atoms with Gasteiger partial charge in [-0.1, -0.05) is 13.3 Å². The molecule has 2 aromatic rings. The van der Waals surface area contributed by atoms with Gasteiger partial charge in [0.1, 0.15) is 5.69 Å². The van der Waals surface area contributed by atoms with Crippen molar-refractivity contribution in [1.29, 1.82) is 0 Å². The number of amides is 1. The van der Waals surface area contributed by atoms with Crippen LogP contribution in [0.25, 0.3) is 10.9 Å². The van der Waals surface area contributed by atoms with Crippen LogP contribution in [0.5, 0.6) is 0 Å². The molecule has 0 saturated carbocycles. The summed E-state index contributed by atoms with van der Waals surface area (Å²) in [6.45, 7) is 2.85. The Kier molecular flexibility index (Phi) is 5.22. The molecule has 114 valence electrons. The van der Waals surface area contributed by atoms with E-state index in [1.807, 2.05) is 18.2 Å². The molecule has 21 heavy (non-hydrogen) atoms. The lowest BCUT2D eigenvalue weighted by atomic mass is 10.0. The van der Waals surface area contributed by atoms with Gasteiger partial charge in [0.2, 0.25) is 0 Å². The molecule has 0 bridgehead atoms. The van der Waals surface area contributed by atoms with E-state index in [9.17, 15) is 4.79 Å². The number of nitrogen functional groups attached to an aromatic ring is 1. The number of anilines is 1. The topological polar surface area (TPSA) is 91.1 Å². The molecule has 0 aliphatic heterocycles. The molecule has 1 unspecified atom stereocenters. The Hall–Kier alpha value is -2.01. The maximum atomic E-state index is 12.2. The first-order valence-corrected chi connectivity index (χ1v) is 7.41. The number of aromatic nitrogens is 1. The summed E-state index contributed by atoms with van der Waals surface area (Å²) >= 11 is 0. The number of hydrogen-bond donors (Lipinski definition) is 4. The van der Waals surface area contributed by atoms with Gasteiger partial charge in [-0.25, -0.2) is 0 Å². The summed E-state index contributed by atoms with van der Waals surface area (Å²) in [5.41, 5.74) is 7.85. The minimum atomic E-state index is -0.121. The molecule has 2 rings (SSSR count). The molecule has 1 atom stereocenters. The van der Waals surface area contributed by atoms with E-state index in [-0.39, 0.29) is 12.5 Å². The Bertz CT molecular complexity index is 601. The molecule has 0 spiro atoms. The van der Waals surface area contributed by atoms with Crippen LogP contribution in [0.2, 0.25) is 0 Å². The number of carbonyl (C=O) groups is 1. The lowest BCUT2D eigenvalue weighted by molar-refractivity contribution is 0.0938. The maximum absolute atomic E-state index is 12.2. The average molecular weight is 289 g/mol. The van der Waals surface area contributed by atoms with Gasteiger partial charge in [-0.15, -0.1) is 0 Å². The van der Waals surface area contributed by atoms with Crippen molar-refractivity contribution in [3.63, 3.8) is 0 Å². The van der Waals surface area contributed by atoms with Crippen LogP contribution >= 0.6 is 0 Å². The molecule has 1 heterocycles. The smallest absolute Gasteiger partial charge is 0.267 e. The predicted molar refractivity (Wildman–Crippen MR) is 85.1 cm³/mol. The van der Waals surface area contributed by atoms with Crippen molar-refractivity contribution in [2.45, 2.75) is 26.2 Å². The fraction of sp³-hybridized carbons (Fsp3) is 0.438. The summed E-state index contributed by atoms with van der Waals surface area (Å²) < 4.78 is 0. The Morgan fingerprint density at radius 2 is 2.19 bits per heavy atom. The summed E-state index contributed by atoms with van der Waals surface area (Å²) in [6, 6.07) is 7.32. The van der Waals surface area contributed by atoms with Crippen molar-refractivity contribution in [2.75, 3.05) is 18.9 Å². The second-order valence-corrected chi connectivity index (χ2v) is 5.41. The van der Waals surface area contributed by atoms with Crippen LogP contribution in [0, 0.1) is 5.92 Å². The largest absolute Gasteiger partial charge is 0.399 e. The van der Waals surface area contributed by atoms with Crippen LogP contribution in [0.4, 0.5) is 5.69 Å². The van der Waals surface area contributed by atoms with E-state index >= 15 is 0 Å². The number of nitrogens with one attached hydrogen (secondary N) is 2. The second-order valence-electron chi connectivity index (χ2n) is 5.41. The molecule has 1 aromatic heterocycles. The van der Waals surface area contributed by atoms with Crippen LogP contribution in [-0.2, 0) is 0 Å². The van der Waals surface area contributed by atoms with Gasteiger partial charge in [-0.2, -0.15) is 0 Å². The minimum absolute atomic E-state index is 0.121. The van der Waals surface area contributed by atoms with E-state index in [0.29, 0.717) is 23.8 Å².